The maximum atomic E-state index is 11.7. The Kier molecular flexibility index (Phi) is 4.36. The molecule has 98 valence electrons. The molecule has 0 aromatic carbocycles. The maximum absolute atomic E-state index is 11.7. The zero-order chi connectivity index (χ0) is 12.3. The molecule has 2 heterocycles. The Hall–Kier alpha value is -0.650. The van der Waals surface area contributed by atoms with E-state index in [0.717, 1.165) is 45.4 Å². The maximum Gasteiger partial charge on any atom is 0.248 e. The largest absolute Gasteiger partial charge is 0.375 e. The highest BCUT2D eigenvalue weighted by Gasteiger charge is 2.31. The molecule has 2 rings (SSSR count). The van der Waals surface area contributed by atoms with Gasteiger partial charge in [-0.1, -0.05) is 0 Å². The van der Waals surface area contributed by atoms with Gasteiger partial charge in [-0.05, 0) is 32.4 Å². The van der Waals surface area contributed by atoms with Crippen molar-refractivity contribution in [2.45, 2.75) is 31.3 Å². The van der Waals surface area contributed by atoms with Gasteiger partial charge in [0.25, 0.3) is 0 Å². The number of amides is 1. The predicted molar refractivity (Wildman–Crippen MR) is 65.6 cm³/mol. The molecule has 2 saturated heterocycles. The Labute approximate surface area is 103 Å². The van der Waals surface area contributed by atoms with Gasteiger partial charge in [0.2, 0.25) is 5.91 Å². The highest BCUT2D eigenvalue weighted by Crippen LogP contribution is 2.19. The normalized spacial score (nSPS) is 27.6. The van der Waals surface area contributed by atoms with Gasteiger partial charge in [0.1, 0.15) is 6.61 Å². The van der Waals surface area contributed by atoms with Crippen molar-refractivity contribution < 1.29 is 9.53 Å². The zero-order valence-electron chi connectivity index (χ0n) is 10.6. The number of hydrogen-bond acceptors (Lipinski definition) is 4. The summed E-state index contributed by atoms with van der Waals surface area (Å²) in [5.41, 5.74) is 5.90. The van der Waals surface area contributed by atoms with E-state index in [9.17, 15) is 4.79 Å². The van der Waals surface area contributed by atoms with Crippen LogP contribution in [-0.4, -0.2) is 67.7 Å². The van der Waals surface area contributed by atoms with E-state index in [2.05, 4.69) is 4.90 Å². The van der Waals surface area contributed by atoms with Crippen LogP contribution < -0.4 is 5.73 Å². The van der Waals surface area contributed by atoms with Crippen molar-refractivity contribution in [2.24, 2.45) is 5.73 Å². The summed E-state index contributed by atoms with van der Waals surface area (Å²) in [4.78, 5) is 16.1. The first-order valence-electron chi connectivity index (χ1n) is 6.47. The number of carbonyl (C=O) groups excluding carboxylic acids is 1. The van der Waals surface area contributed by atoms with E-state index in [1.54, 1.807) is 7.11 Å². The Balaban J connectivity index is 1.79. The lowest BCUT2D eigenvalue weighted by atomic mass is 10.0. The van der Waals surface area contributed by atoms with Crippen molar-refractivity contribution >= 4 is 5.91 Å². The van der Waals surface area contributed by atoms with Crippen molar-refractivity contribution in [1.29, 1.82) is 0 Å². The molecule has 0 aromatic rings. The number of likely N-dealkylation sites (tertiary alicyclic amines) is 2. The second-order valence-electron chi connectivity index (χ2n) is 5.09. The molecule has 2 fully saturated rings. The summed E-state index contributed by atoms with van der Waals surface area (Å²) in [7, 11) is 1.57. The summed E-state index contributed by atoms with van der Waals surface area (Å²) in [6.45, 7) is 4.10. The molecule has 17 heavy (non-hydrogen) atoms. The lowest BCUT2D eigenvalue weighted by Crippen LogP contribution is -2.46. The molecule has 1 atom stereocenters. The quantitative estimate of drug-likeness (QED) is 0.734. The number of nitrogens with two attached hydrogens (primary N) is 1. The van der Waals surface area contributed by atoms with Crippen LogP contribution >= 0.6 is 0 Å². The molecule has 2 aliphatic heterocycles. The molecule has 5 nitrogen and oxygen atoms in total. The number of rotatable bonds is 3. The second-order valence-corrected chi connectivity index (χ2v) is 5.09. The molecule has 0 bridgehead atoms. The average Bonchev–Trinajstić information content (AvgIpc) is 2.80. The van der Waals surface area contributed by atoms with E-state index in [-0.39, 0.29) is 12.5 Å². The van der Waals surface area contributed by atoms with Crippen LogP contribution in [0.4, 0.5) is 0 Å². The number of nitrogens with zero attached hydrogens (tertiary/aromatic N) is 2. The third-order valence-electron chi connectivity index (χ3n) is 3.87. The Morgan fingerprint density at radius 1 is 1.29 bits per heavy atom. The minimum Gasteiger partial charge on any atom is -0.375 e. The Morgan fingerprint density at radius 3 is 2.65 bits per heavy atom. The van der Waals surface area contributed by atoms with E-state index in [1.807, 2.05) is 4.90 Å². The highest BCUT2D eigenvalue weighted by atomic mass is 16.5. The Morgan fingerprint density at radius 2 is 2.00 bits per heavy atom. The molecule has 0 aliphatic carbocycles. The minimum absolute atomic E-state index is 0.115. The van der Waals surface area contributed by atoms with Gasteiger partial charge in [-0.2, -0.15) is 0 Å². The molecule has 2 N–H and O–H groups in total. The highest BCUT2D eigenvalue weighted by molar-refractivity contribution is 5.77. The lowest BCUT2D eigenvalue weighted by Gasteiger charge is -2.34. The van der Waals surface area contributed by atoms with Crippen LogP contribution in [0.1, 0.15) is 19.3 Å². The predicted octanol–water partition coefficient (Wildman–Crippen LogP) is -0.343. The van der Waals surface area contributed by atoms with Gasteiger partial charge in [0.05, 0.1) is 0 Å². The lowest BCUT2D eigenvalue weighted by molar-refractivity contribution is -0.134. The standard InChI is InChI=1S/C12H23N3O2/c1-17-9-12(16)15-7-4-11(8-15)14-5-2-10(13)3-6-14/h10-11H,2-9,13H2,1H3. The molecule has 0 radical (unpaired) electrons. The smallest absolute Gasteiger partial charge is 0.248 e. The molecule has 1 amide bonds. The summed E-state index contributed by atoms with van der Waals surface area (Å²) < 4.78 is 4.89. The number of ether oxygens (including phenoxy) is 1. The fourth-order valence-corrected chi connectivity index (χ4v) is 2.77. The molecular weight excluding hydrogens is 218 g/mol. The minimum atomic E-state index is 0.115. The Bertz CT molecular complexity index is 264. The second kappa shape index (κ2) is 5.80. The summed E-state index contributed by atoms with van der Waals surface area (Å²) in [5.74, 6) is 0.115. The van der Waals surface area contributed by atoms with Gasteiger partial charge in [0.15, 0.2) is 0 Å². The molecule has 0 aromatic heterocycles. The molecule has 5 heteroatoms. The van der Waals surface area contributed by atoms with Crippen LogP contribution in [-0.2, 0) is 9.53 Å². The van der Waals surface area contributed by atoms with Crippen molar-refractivity contribution in [3.63, 3.8) is 0 Å². The fourth-order valence-electron chi connectivity index (χ4n) is 2.77. The van der Waals surface area contributed by atoms with Crippen molar-refractivity contribution in [3.05, 3.63) is 0 Å². The van der Waals surface area contributed by atoms with Crippen LogP contribution in [0.15, 0.2) is 0 Å². The van der Waals surface area contributed by atoms with Crippen molar-refractivity contribution in [2.75, 3.05) is 39.9 Å². The van der Waals surface area contributed by atoms with Gasteiger partial charge >= 0.3 is 0 Å². The summed E-state index contributed by atoms with van der Waals surface area (Å²) in [5, 5.41) is 0. The van der Waals surface area contributed by atoms with Gasteiger partial charge < -0.3 is 15.4 Å². The van der Waals surface area contributed by atoms with Gasteiger partial charge in [-0.15, -0.1) is 0 Å². The monoisotopic (exact) mass is 241 g/mol. The first-order chi connectivity index (χ1) is 8.20. The van der Waals surface area contributed by atoms with E-state index in [1.165, 1.54) is 0 Å². The average molecular weight is 241 g/mol. The third-order valence-corrected chi connectivity index (χ3v) is 3.87. The summed E-state index contributed by atoms with van der Waals surface area (Å²) in [6, 6.07) is 0.905. The first-order valence-corrected chi connectivity index (χ1v) is 6.47. The van der Waals surface area contributed by atoms with Crippen LogP contribution in [0, 0.1) is 0 Å². The number of piperidine rings is 1. The molecule has 0 saturated carbocycles. The third kappa shape index (κ3) is 3.18. The number of carbonyl (C=O) groups is 1. The van der Waals surface area contributed by atoms with Crippen LogP contribution in [0.2, 0.25) is 0 Å². The first kappa shape index (κ1) is 12.8. The summed E-state index contributed by atoms with van der Waals surface area (Å²) in [6.07, 6.45) is 3.26. The molecule has 2 aliphatic rings. The van der Waals surface area contributed by atoms with Gasteiger partial charge in [0, 0.05) is 32.3 Å². The van der Waals surface area contributed by atoms with Crippen LogP contribution in [0.5, 0.6) is 0 Å². The van der Waals surface area contributed by atoms with E-state index in [0.29, 0.717) is 12.1 Å². The van der Waals surface area contributed by atoms with Crippen molar-refractivity contribution in [3.8, 4) is 0 Å². The van der Waals surface area contributed by atoms with E-state index < -0.39 is 0 Å². The number of methoxy groups -OCH3 is 1. The molecule has 1 unspecified atom stereocenters. The van der Waals surface area contributed by atoms with Crippen molar-refractivity contribution in [1.82, 2.24) is 9.80 Å². The molecule has 0 spiro atoms. The zero-order valence-corrected chi connectivity index (χ0v) is 10.6. The van der Waals surface area contributed by atoms with Gasteiger partial charge in [-0.25, -0.2) is 0 Å². The van der Waals surface area contributed by atoms with E-state index in [4.69, 9.17) is 10.5 Å². The fraction of sp³-hybridized carbons (Fsp3) is 0.917. The van der Waals surface area contributed by atoms with E-state index >= 15 is 0 Å². The topological polar surface area (TPSA) is 58.8 Å². The molecular formula is C12H23N3O2. The summed E-state index contributed by atoms with van der Waals surface area (Å²) >= 11 is 0. The van der Waals surface area contributed by atoms with Crippen LogP contribution in [0.3, 0.4) is 0 Å². The van der Waals surface area contributed by atoms with Gasteiger partial charge in [-0.3, -0.25) is 9.69 Å². The van der Waals surface area contributed by atoms with Crippen LogP contribution in [0.25, 0.3) is 0 Å². The number of hydrogen-bond donors (Lipinski definition) is 1. The SMILES string of the molecule is COCC(=O)N1CCC(N2CCC(N)CC2)C1.